The Morgan fingerprint density at radius 3 is 2.70 bits per heavy atom. The highest BCUT2D eigenvalue weighted by Crippen LogP contribution is 2.27. The second-order valence-electron chi connectivity index (χ2n) is 4.47. The molecule has 6 nitrogen and oxygen atoms in total. The minimum atomic E-state index is -4.48. The van der Waals surface area contributed by atoms with Gasteiger partial charge in [0.2, 0.25) is 5.91 Å². The van der Waals surface area contributed by atoms with E-state index in [2.05, 4.69) is 15.3 Å². The lowest BCUT2D eigenvalue weighted by Gasteiger charge is -2.11. The highest BCUT2D eigenvalue weighted by atomic mass is 19.4. The van der Waals surface area contributed by atoms with Crippen molar-refractivity contribution in [1.29, 1.82) is 0 Å². The number of alkyl halides is 3. The van der Waals surface area contributed by atoms with Crippen molar-refractivity contribution in [1.82, 2.24) is 15.3 Å². The third-order valence-corrected chi connectivity index (χ3v) is 2.81. The van der Waals surface area contributed by atoms with Gasteiger partial charge in [0.1, 0.15) is 18.7 Å². The van der Waals surface area contributed by atoms with Gasteiger partial charge in [-0.15, -0.1) is 0 Å². The lowest BCUT2D eigenvalue weighted by Crippen LogP contribution is -2.37. The summed E-state index contributed by atoms with van der Waals surface area (Å²) in [4.78, 5) is 19.1. The number of nitrogens with one attached hydrogen (secondary N) is 2. The zero-order chi connectivity index (χ0) is 17.0. The van der Waals surface area contributed by atoms with Gasteiger partial charge in [-0.1, -0.05) is 0 Å². The molecule has 0 aliphatic carbocycles. The van der Waals surface area contributed by atoms with Crippen LogP contribution < -0.4 is 15.4 Å². The number of rotatable bonds is 5. The van der Waals surface area contributed by atoms with Crippen LogP contribution in [0.2, 0.25) is 0 Å². The van der Waals surface area contributed by atoms with Crippen molar-refractivity contribution in [2.24, 2.45) is 0 Å². The van der Waals surface area contributed by atoms with Crippen molar-refractivity contribution in [3.05, 3.63) is 24.3 Å². The van der Waals surface area contributed by atoms with Crippen molar-refractivity contribution in [2.75, 3.05) is 25.5 Å². The van der Waals surface area contributed by atoms with Gasteiger partial charge in [-0.3, -0.25) is 4.79 Å². The molecule has 0 unspecified atom stereocenters. The van der Waals surface area contributed by atoms with Crippen LogP contribution in [-0.4, -0.2) is 42.3 Å². The van der Waals surface area contributed by atoms with Crippen molar-refractivity contribution in [3.63, 3.8) is 0 Å². The number of anilines is 1. The van der Waals surface area contributed by atoms with Gasteiger partial charge in [-0.05, 0) is 6.07 Å². The van der Waals surface area contributed by atoms with Crippen LogP contribution in [-0.2, 0) is 4.79 Å². The van der Waals surface area contributed by atoms with E-state index in [9.17, 15) is 22.4 Å². The predicted octanol–water partition coefficient (Wildman–Crippen LogP) is 1.87. The van der Waals surface area contributed by atoms with Gasteiger partial charge in [-0.2, -0.15) is 13.2 Å². The molecule has 0 saturated carbocycles. The second kappa shape index (κ2) is 6.63. The summed E-state index contributed by atoms with van der Waals surface area (Å²) in [5.41, 5.74) is 0.261. The summed E-state index contributed by atoms with van der Waals surface area (Å²) >= 11 is 0. The van der Waals surface area contributed by atoms with Crippen LogP contribution in [0.1, 0.15) is 0 Å². The largest absolute Gasteiger partial charge is 0.494 e. The fourth-order valence-electron chi connectivity index (χ4n) is 1.78. The number of ether oxygens (including phenoxy) is 1. The number of hydrogen-bond donors (Lipinski definition) is 2. The van der Waals surface area contributed by atoms with E-state index >= 15 is 0 Å². The molecule has 2 rings (SSSR count). The maximum absolute atomic E-state index is 13.6. The molecule has 0 radical (unpaired) electrons. The van der Waals surface area contributed by atoms with Crippen LogP contribution in [0.15, 0.2) is 18.5 Å². The summed E-state index contributed by atoms with van der Waals surface area (Å²) in [6.07, 6.45) is -3.34. The number of halogens is 4. The Bertz CT molecular complexity index is 721. The number of fused-ring (bicyclic) bond motifs is 1. The lowest BCUT2D eigenvalue weighted by atomic mass is 10.2. The molecule has 1 heterocycles. The van der Waals surface area contributed by atoms with E-state index in [-0.39, 0.29) is 17.1 Å². The molecule has 1 aromatic carbocycles. The van der Waals surface area contributed by atoms with Crippen molar-refractivity contribution in [3.8, 4) is 5.75 Å². The van der Waals surface area contributed by atoms with Crippen LogP contribution in [0.4, 0.5) is 23.4 Å². The fourth-order valence-corrected chi connectivity index (χ4v) is 1.78. The van der Waals surface area contributed by atoms with Crippen molar-refractivity contribution in [2.45, 2.75) is 6.18 Å². The maximum atomic E-state index is 13.6. The van der Waals surface area contributed by atoms with E-state index in [1.54, 1.807) is 5.32 Å². The normalized spacial score (nSPS) is 11.3. The zero-order valence-corrected chi connectivity index (χ0v) is 11.9. The number of methoxy groups -OCH3 is 1. The SMILES string of the molecule is COc1cc2c(NCC(=O)NCC(F)(F)F)ncnc2cc1F. The zero-order valence-electron chi connectivity index (χ0n) is 11.9. The first-order chi connectivity index (χ1) is 10.8. The first kappa shape index (κ1) is 16.7. The Balaban J connectivity index is 2.12. The summed E-state index contributed by atoms with van der Waals surface area (Å²) in [5, 5.41) is 4.67. The van der Waals surface area contributed by atoms with E-state index in [0.29, 0.717) is 5.39 Å². The molecule has 23 heavy (non-hydrogen) atoms. The quantitative estimate of drug-likeness (QED) is 0.818. The molecule has 0 bridgehead atoms. The number of carbonyl (C=O) groups excluding carboxylic acids is 1. The van der Waals surface area contributed by atoms with Crippen LogP contribution in [0.3, 0.4) is 0 Å². The molecular weight excluding hydrogens is 320 g/mol. The van der Waals surface area contributed by atoms with Crippen LogP contribution in [0, 0.1) is 5.82 Å². The number of nitrogens with zero attached hydrogens (tertiary/aromatic N) is 2. The summed E-state index contributed by atoms with van der Waals surface area (Å²) < 4.78 is 54.5. The van der Waals surface area contributed by atoms with Crippen LogP contribution in [0.5, 0.6) is 5.75 Å². The van der Waals surface area contributed by atoms with Crippen LogP contribution in [0.25, 0.3) is 10.9 Å². The average molecular weight is 332 g/mol. The number of benzene rings is 1. The van der Waals surface area contributed by atoms with Gasteiger partial charge in [0.05, 0.1) is 19.2 Å². The van der Waals surface area contributed by atoms with Crippen LogP contribution >= 0.6 is 0 Å². The van der Waals surface area contributed by atoms with E-state index in [4.69, 9.17) is 4.74 Å². The smallest absolute Gasteiger partial charge is 0.405 e. The summed E-state index contributed by atoms with van der Waals surface area (Å²) in [5.74, 6) is -1.34. The standard InChI is InChI=1S/C13H12F4N4O2/c1-23-10-2-7-9(3-8(10)14)20-6-21-12(7)18-4-11(22)19-5-13(15,16)17/h2-3,6H,4-5H2,1H3,(H,19,22)(H,18,20,21). The number of carbonyl (C=O) groups is 1. The third-order valence-electron chi connectivity index (χ3n) is 2.81. The van der Waals surface area contributed by atoms with E-state index in [1.807, 2.05) is 0 Å². The van der Waals surface area contributed by atoms with E-state index in [0.717, 1.165) is 12.4 Å². The monoisotopic (exact) mass is 332 g/mol. The summed E-state index contributed by atoms with van der Waals surface area (Å²) in [6, 6.07) is 2.46. The number of hydrogen-bond acceptors (Lipinski definition) is 5. The van der Waals surface area contributed by atoms with Gasteiger partial charge < -0.3 is 15.4 Å². The van der Waals surface area contributed by atoms with Gasteiger partial charge in [0.25, 0.3) is 0 Å². The van der Waals surface area contributed by atoms with Gasteiger partial charge >= 0.3 is 6.18 Å². The molecule has 124 valence electrons. The highest BCUT2D eigenvalue weighted by Gasteiger charge is 2.27. The Morgan fingerprint density at radius 2 is 2.04 bits per heavy atom. The molecule has 0 saturated heterocycles. The molecular formula is C13H12F4N4O2. The van der Waals surface area contributed by atoms with Gasteiger partial charge in [0.15, 0.2) is 11.6 Å². The Kier molecular flexibility index (Phi) is 4.82. The Hall–Kier alpha value is -2.65. The molecule has 2 aromatic rings. The molecule has 0 aliphatic rings. The summed E-state index contributed by atoms with van der Waals surface area (Å²) in [6.45, 7) is -1.85. The minimum absolute atomic E-state index is 0.0446. The Morgan fingerprint density at radius 1 is 1.30 bits per heavy atom. The topological polar surface area (TPSA) is 76.1 Å². The van der Waals surface area contributed by atoms with Crippen molar-refractivity contribution >= 4 is 22.6 Å². The first-order valence-corrected chi connectivity index (χ1v) is 6.35. The number of aromatic nitrogens is 2. The molecule has 0 atom stereocenters. The number of amides is 1. The van der Waals surface area contributed by atoms with Crippen molar-refractivity contribution < 1.29 is 27.1 Å². The van der Waals surface area contributed by atoms with Gasteiger partial charge in [-0.25, -0.2) is 14.4 Å². The van der Waals surface area contributed by atoms with Gasteiger partial charge in [0, 0.05) is 11.5 Å². The summed E-state index contributed by atoms with van der Waals surface area (Å²) in [7, 11) is 1.28. The average Bonchev–Trinajstić information content (AvgIpc) is 2.49. The lowest BCUT2D eigenvalue weighted by molar-refractivity contribution is -0.137. The molecule has 10 heteroatoms. The highest BCUT2D eigenvalue weighted by molar-refractivity contribution is 5.91. The second-order valence-corrected chi connectivity index (χ2v) is 4.47. The Labute approximate surface area is 127 Å². The minimum Gasteiger partial charge on any atom is -0.494 e. The van der Waals surface area contributed by atoms with E-state index < -0.39 is 31.0 Å². The molecule has 0 aliphatic heterocycles. The van der Waals surface area contributed by atoms with E-state index in [1.165, 1.54) is 13.2 Å². The molecule has 0 fully saturated rings. The maximum Gasteiger partial charge on any atom is 0.405 e. The first-order valence-electron chi connectivity index (χ1n) is 6.35. The molecule has 0 spiro atoms. The molecule has 1 amide bonds. The fraction of sp³-hybridized carbons (Fsp3) is 0.308. The molecule has 1 aromatic heterocycles. The predicted molar refractivity (Wildman–Crippen MR) is 73.6 cm³/mol. The molecule has 2 N–H and O–H groups in total. The third kappa shape index (κ3) is 4.41.